The molecule has 8 heteroatoms. The zero-order chi connectivity index (χ0) is 14.8. The predicted octanol–water partition coefficient (Wildman–Crippen LogP) is -0.576. The van der Waals surface area contributed by atoms with Gasteiger partial charge in [0.1, 0.15) is 0 Å². The Hall–Kier alpha value is -0.250. The molecule has 0 saturated carbocycles. The quantitative estimate of drug-likeness (QED) is 0.735. The molecule has 2 heterocycles. The van der Waals surface area contributed by atoms with Gasteiger partial charge in [-0.25, -0.2) is 0 Å². The SMILES string of the molecule is COC1CN(S(=O)(=O)N2CCCCC2CO)CC1OC. The van der Waals surface area contributed by atoms with Crippen molar-refractivity contribution in [1.29, 1.82) is 0 Å². The highest BCUT2D eigenvalue weighted by atomic mass is 32.2. The highest BCUT2D eigenvalue weighted by Crippen LogP contribution is 2.26. The summed E-state index contributed by atoms with van der Waals surface area (Å²) in [6.45, 7) is 0.936. The lowest BCUT2D eigenvalue weighted by Crippen LogP contribution is -2.51. The number of ether oxygens (including phenoxy) is 2. The second-order valence-corrected chi connectivity index (χ2v) is 7.20. The fraction of sp³-hybridized carbons (Fsp3) is 1.00. The minimum Gasteiger partial charge on any atom is -0.395 e. The van der Waals surface area contributed by atoms with Crippen molar-refractivity contribution in [2.24, 2.45) is 0 Å². The summed E-state index contributed by atoms with van der Waals surface area (Å²) in [5.74, 6) is 0. The van der Waals surface area contributed by atoms with Gasteiger partial charge in [-0.3, -0.25) is 0 Å². The van der Waals surface area contributed by atoms with Crippen molar-refractivity contribution in [3.63, 3.8) is 0 Å². The molecule has 2 saturated heterocycles. The first kappa shape index (κ1) is 16.1. The van der Waals surface area contributed by atoms with E-state index in [1.165, 1.54) is 8.61 Å². The third-order valence-corrected chi connectivity index (χ3v) is 6.22. The maximum absolute atomic E-state index is 12.7. The monoisotopic (exact) mass is 308 g/mol. The van der Waals surface area contributed by atoms with Gasteiger partial charge in [0.25, 0.3) is 10.2 Å². The van der Waals surface area contributed by atoms with Crippen LogP contribution in [0.25, 0.3) is 0 Å². The zero-order valence-corrected chi connectivity index (χ0v) is 12.9. The highest BCUT2D eigenvalue weighted by Gasteiger charge is 2.43. The predicted molar refractivity (Wildman–Crippen MR) is 73.5 cm³/mol. The number of rotatable bonds is 5. The first-order valence-electron chi connectivity index (χ1n) is 6.98. The molecule has 7 nitrogen and oxygen atoms in total. The summed E-state index contributed by atoms with van der Waals surface area (Å²) in [6.07, 6.45) is 2.02. The number of piperidine rings is 1. The standard InChI is InChI=1S/C12H24N2O5S/c1-18-11-7-13(8-12(11)19-2)20(16,17)14-6-4-3-5-10(14)9-15/h10-12,15H,3-9H2,1-2H3. The number of hydrogen-bond acceptors (Lipinski definition) is 5. The molecule has 3 unspecified atom stereocenters. The molecule has 0 spiro atoms. The van der Waals surface area contributed by atoms with Gasteiger partial charge in [0.15, 0.2) is 0 Å². The molecule has 2 aliphatic heterocycles. The summed E-state index contributed by atoms with van der Waals surface area (Å²) < 4.78 is 38.8. The van der Waals surface area contributed by atoms with E-state index in [0.717, 1.165) is 12.8 Å². The molecular formula is C12H24N2O5S. The lowest BCUT2D eigenvalue weighted by molar-refractivity contribution is -0.00461. The molecule has 1 N–H and O–H groups in total. The fourth-order valence-corrected chi connectivity index (χ4v) is 4.84. The Labute approximate surface area is 120 Å². The summed E-state index contributed by atoms with van der Waals surface area (Å²) in [7, 11) is -0.443. The normalized spacial score (nSPS) is 33.6. The van der Waals surface area contributed by atoms with E-state index >= 15 is 0 Å². The third kappa shape index (κ3) is 3.00. The Morgan fingerprint density at radius 2 is 1.75 bits per heavy atom. The van der Waals surface area contributed by atoms with Crippen LogP contribution in [0.3, 0.4) is 0 Å². The van der Waals surface area contributed by atoms with Crippen LogP contribution in [0.15, 0.2) is 0 Å². The van der Waals surface area contributed by atoms with Gasteiger partial charge in [-0.1, -0.05) is 6.42 Å². The van der Waals surface area contributed by atoms with Gasteiger partial charge in [-0.15, -0.1) is 0 Å². The molecule has 2 aliphatic rings. The largest absolute Gasteiger partial charge is 0.395 e. The Balaban J connectivity index is 2.14. The van der Waals surface area contributed by atoms with Crippen molar-refractivity contribution in [2.75, 3.05) is 40.5 Å². The van der Waals surface area contributed by atoms with Gasteiger partial charge in [0, 0.05) is 39.9 Å². The van der Waals surface area contributed by atoms with Crippen molar-refractivity contribution < 1.29 is 23.0 Å². The molecule has 0 aromatic rings. The summed E-state index contributed by atoms with van der Waals surface area (Å²) in [4.78, 5) is 0. The van der Waals surface area contributed by atoms with Crippen molar-refractivity contribution in [3.05, 3.63) is 0 Å². The average molecular weight is 308 g/mol. The Morgan fingerprint density at radius 1 is 1.15 bits per heavy atom. The van der Waals surface area contributed by atoms with Crippen LogP contribution in [0.5, 0.6) is 0 Å². The second-order valence-electron chi connectivity index (χ2n) is 5.32. The highest BCUT2D eigenvalue weighted by molar-refractivity contribution is 7.86. The summed E-state index contributed by atoms with van der Waals surface area (Å²) >= 11 is 0. The minimum absolute atomic E-state index is 0.130. The maximum atomic E-state index is 12.7. The van der Waals surface area contributed by atoms with Gasteiger partial charge >= 0.3 is 0 Å². The van der Waals surface area contributed by atoms with E-state index in [4.69, 9.17) is 9.47 Å². The van der Waals surface area contributed by atoms with Crippen molar-refractivity contribution in [3.8, 4) is 0 Å². The van der Waals surface area contributed by atoms with Crippen LogP contribution < -0.4 is 0 Å². The average Bonchev–Trinajstić information content (AvgIpc) is 2.91. The summed E-state index contributed by atoms with van der Waals surface area (Å²) in [5, 5.41) is 9.39. The lowest BCUT2D eigenvalue weighted by atomic mass is 10.1. The van der Waals surface area contributed by atoms with Gasteiger partial charge in [-0.2, -0.15) is 17.0 Å². The van der Waals surface area contributed by atoms with Gasteiger partial charge < -0.3 is 14.6 Å². The lowest BCUT2D eigenvalue weighted by Gasteiger charge is -2.36. The topological polar surface area (TPSA) is 79.3 Å². The van der Waals surface area contributed by atoms with Crippen molar-refractivity contribution >= 4 is 10.2 Å². The van der Waals surface area contributed by atoms with Crippen LogP contribution in [-0.4, -0.2) is 80.8 Å². The molecule has 0 radical (unpaired) electrons. The maximum Gasteiger partial charge on any atom is 0.282 e. The Morgan fingerprint density at radius 3 is 2.25 bits per heavy atom. The van der Waals surface area contributed by atoms with Gasteiger partial charge in [-0.05, 0) is 12.8 Å². The van der Waals surface area contributed by atoms with Crippen LogP contribution in [0.1, 0.15) is 19.3 Å². The van der Waals surface area contributed by atoms with Crippen LogP contribution in [0.4, 0.5) is 0 Å². The van der Waals surface area contributed by atoms with Crippen molar-refractivity contribution in [1.82, 2.24) is 8.61 Å². The Bertz CT molecular complexity index is 404. The van der Waals surface area contributed by atoms with Crippen LogP contribution in [0.2, 0.25) is 0 Å². The van der Waals surface area contributed by atoms with E-state index in [0.29, 0.717) is 26.1 Å². The molecule has 0 amide bonds. The molecular weight excluding hydrogens is 284 g/mol. The van der Waals surface area contributed by atoms with E-state index in [1.807, 2.05) is 0 Å². The molecule has 0 aliphatic carbocycles. The number of hydrogen-bond donors (Lipinski definition) is 1. The zero-order valence-electron chi connectivity index (χ0n) is 12.1. The smallest absolute Gasteiger partial charge is 0.282 e. The number of aliphatic hydroxyl groups is 1. The molecule has 2 rings (SSSR count). The van der Waals surface area contributed by atoms with Gasteiger partial charge in [0.2, 0.25) is 0 Å². The number of nitrogens with zero attached hydrogens (tertiary/aromatic N) is 2. The molecule has 2 fully saturated rings. The van der Waals surface area contributed by atoms with Crippen LogP contribution in [-0.2, 0) is 19.7 Å². The van der Waals surface area contributed by atoms with E-state index in [1.54, 1.807) is 14.2 Å². The summed E-state index contributed by atoms with van der Waals surface area (Å²) in [6, 6.07) is -0.309. The van der Waals surface area contributed by atoms with E-state index in [2.05, 4.69) is 0 Å². The second kappa shape index (κ2) is 6.67. The van der Waals surface area contributed by atoms with E-state index < -0.39 is 10.2 Å². The Kier molecular flexibility index (Phi) is 5.38. The molecule has 20 heavy (non-hydrogen) atoms. The van der Waals surface area contributed by atoms with Crippen molar-refractivity contribution in [2.45, 2.75) is 37.5 Å². The fourth-order valence-electron chi connectivity index (χ4n) is 2.96. The molecule has 3 atom stereocenters. The van der Waals surface area contributed by atoms with E-state index in [9.17, 15) is 13.5 Å². The van der Waals surface area contributed by atoms with Crippen LogP contribution in [0, 0.1) is 0 Å². The number of methoxy groups -OCH3 is 2. The minimum atomic E-state index is -3.56. The first-order chi connectivity index (χ1) is 9.54. The summed E-state index contributed by atoms with van der Waals surface area (Å²) in [5.41, 5.74) is 0. The molecule has 0 bridgehead atoms. The number of aliphatic hydroxyl groups excluding tert-OH is 1. The molecule has 118 valence electrons. The molecule has 0 aromatic carbocycles. The van der Waals surface area contributed by atoms with Gasteiger partial charge in [0.05, 0.1) is 18.8 Å². The first-order valence-corrected chi connectivity index (χ1v) is 8.37. The van der Waals surface area contributed by atoms with E-state index in [-0.39, 0.29) is 24.9 Å². The third-order valence-electron chi connectivity index (χ3n) is 4.19. The molecule has 0 aromatic heterocycles. The van der Waals surface area contributed by atoms with Crippen LogP contribution >= 0.6 is 0 Å².